The van der Waals surface area contributed by atoms with Gasteiger partial charge >= 0.3 is 6.18 Å². The van der Waals surface area contributed by atoms with Crippen molar-refractivity contribution in [1.82, 2.24) is 5.32 Å². The smallest absolute Gasteiger partial charge is 0.310 e. The second-order valence-electron chi connectivity index (χ2n) is 8.14. The average molecular weight is 474 g/mol. The number of unbranched alkanes of at least 4 members (excludes halogenated alkanes) is 2. The summed E-state index contributed by atoms with van der Waals surface area (Å²) in [6, 6.07) is 20.5. The third kappa shape index (κ3) is 9.89. The zero-order valence-corrected chi connectivity index (χ0v) is 21.5. The van der Waals surface area contributed by atoms with Gasteiger partial charge in [-0.3, -0.25) is 0 Å². The molecule has 1 nitrogen and oxygen atoms in total. The van der Waals surface area contributed by atoms with Crippen LogP contribution in [0.25, 0.3) is 10.8 Å². The number of hydrogen-bond donors (Lipinski definition) is 1. The SMILES string of the molecule is CC.CCCCC.CC[C@@H](NCCCc1cccc(C(F)(F)F)c1)c1cccc2ccccc12. The highest BCUT2D eigenvalue weighted by molar-refractivity contribution is 5.86. The number of rotatable bonds is 9. The van der Waals surface area contributed by atoms with Gasteiger partial charge in [-0.1, -0.05) is 115 Å². The molecule has 0 fully saturated rings. The summed E-state index contributed by atoms with van der Waals surface area (Å²) >= 11 is 0. The van der Waals surface area contributed by atoms with E-state index in [4.69, 9.17) is 0 Å². The minimum absolute atomic E-state index is 0.234. The molecular formula is C30H42F3N. The fourth-order valence-corrected chi connectivity index (χ4v) is 3.85. The van der Waals surface area contributed by atoms with E-state index in [1.165, 1.54) is 47.7 Å². The first-order chi connectivity index (χ1) is 16.4. The highest BCUT2D eigenvalue weighted by Crippen LogP contribution is 2.30. The van der Waals surface area contributed by atoms with E-state index >= 15 is 0 Å². The molecule has 0 saturated heterocycles. The van der Waals surface area contributed by atoms with Gasteiger partial charge in [0.25, 0.3) is 0 Å². The fraction of sp³-hybridized carbons (Fsp3) is 0.467. The number of hydrogen-bond acceptors (Lipinski definition) is 1. The Hall–Kier alpha value is -2.33. The zero-order valence-electron chi connectivity index (χ0n) is 21.5. The lowest BCUT2D eigenvalue weighted by Gasteiger charge is -2.19. The van der Waals surface area contributed by atoms with Gasteiger partial charge in [-0.05, 0) is 53.8 Å². The van der Waals surface area contributed by atoms with Crippen LogP contribution in [0, 0.1) is 0 Å². The average Bonchev–Trinajstić information content (AvgIpc) is 2.86. The molecular weight excluding hydrogens is 431 g/mol. The summed E-state index contributed by atoms with van der Waals surface area (Å²) in [5, 5.41) is 6.04. The molecule has 0 bridgehead atoms. The van der Waals surface area contributed by atoms with Crippen LogP contribution < -0.4 is 5.32 Å². The number of fused-ring (bicyclic) bond motifs is 1. The monoisotopic (exact) mass is 473 g/mol. The topological polar surface area (TPSA) is 12.0 Å². The van der Waals surface area contributed by atoms with Gasteiger partial charge in [0.15, 0.2) is 0 Å². The molecule has 0 aliphatic heterocycles. The van der Waals surface area contributed by atoms with Crippen molar-refractivity contribution in [3.63, 3.8) is 0 Å². The molecule has 0 spiro atoms. The van der Waals surface area contributed by atoms with Crippen molar-refractivity contribution in [2.45, 2.75) is 85.4 Å². The van der Waals surface area contributed by atoms with Crippen molar-refractivity contribution in [2.24, 2.45) is 0 Å². The molecule has 1 atom stereocenters. The van der Waals surface area contributed by atoms with E-state index in [1.54, 1.807) is 6.07 Å². The molecule has 3 rings (SSSR count). The summed E-state index contributed by atoms with van der Waals surface area (Å²) in [7, 11) is 0. The van der Waals surface area contributed by atoms with Gasteiger partial charge in [-0.25, -0.2) is 0 Å². The van der Waals surface area contributed by atoms with Gasteiger partial charge in [0.05, 0.1) is 5.56 Å². The molecule has 0 saturated carbocycles. The third-order valence-electron chi connectivity index (χ3n) is 5.60. The lowest BCUT2D eigenvalue weighted by molar-refractivity contribution is -0.137. The Morgan fingerprint density at radius 2 is 1.44 bits per heavy atom. The maximum Gasteiger partial charge on any atom is 0.416 e. The van der Waals surface area contributed by atoms with Crippen molar-refractivity contribution in [3.05, 3.63) is 83.4 Å². The van der Waals surface area contributed by atoms with E-state index in [0.29, 0.717) is 6.42 Å². The minimum atomic E-state index is -4.28. The summed E-state index contributed by atoms with van der Waals surface area (Å²) in [4.78, 5) is 0. The van der Waals surface area contributed by atoms with E-state index in [2.05, 4.69) is 56.4 Å². The Bertz CT molecular complexity index is 926. The van der Waals surface area contributed by atoms with E-state index < -0.39 is 11.7 Å². The minimum Gasteiger partial charge on any atom is -0.310 e. The van der Waals surface area contributed by atoms with Crippen LogP contribution in [0.1, 0.15) is 89.5 Å². The van der Waals surface area contributed by atoms with Crippen molar-refractivity contribution in [1.29, 1.82) is 0 Å². The van der Waals surface area contributed by atoms with Crippen LogP contribution in [0.3, 0.4) is 0 Å². The van der Waals surface area contributed by atoms with Crippen LogP contribution in [-0.4, -0.2) is 6.54 Å². The second kappa shape index (κ2) is 16.3. The summed E-state index contributed by atoms with van der Waals surface area (Å²) in [6.45, 7) is 11.3. The van der Waals surface area contributed by atoms with E-state index in [9.17, 15) is 13.2 Å². The first kappa shape index (κ1) is 29.7. The molecule has 0 aromatic heterocycles. The van der Waals surface area contributed by atoms with Crippen LogP contribution in [0.5, 0.6) is 0 Å². The normalized spacial score (nSPS) is 11.8. The van der Waals surface area contributed by atoms with Crippen LogP contribution >= 0.6 is 0 Å². The van der Waals surface area contributed by atoms with Crippen molar-refractivity contribution >= 4 is 10.8 Å². The maximum atomic E-state index is 12.8. The van der Waals surface area contributed by atoms with E-state index in [0.717, 1.165) is 31.0 Å². The number of aryl methyl sites for hydroxylation is 1. The summed E-state index contributed by atoms with van der Waals surface area (Å²) in [6.07, 6.45) is 2.17. The van der Waals surface area contributed by atoms with Crippen molar-refractivity contribution in [3.8, 4) is 0 Å². The van der Waals surface area contributed by atoms with Gasteiger partial charge in [0, 0.05) is 6.04 Å². The predicted molar refractivity (Wildman–Crippen MR) is 141 cm³/mol. The van der Waals surface area contributed by atoms with E-state index in [1.807, 2.05) is 26.0 Å². The summed E-state index contributed by atoms with van der Waals surface area (Å²) in [5.74, 6) is 0. The van der Waals surface area contributed by atoms with Crippen molar-refractivity contribution in [2.75, 3.05) is 6.54 Å². The Morgan fingerprint density at radius 1 is 0.794 bits per heavy atom. The lowest BCUT2D eigenvalue weighted by Crippen LogP contribution is -2.22. The van der Waals surface area contributed by atoms with Gasteiger partial charge in [-0.15, -0.1) is 0 Å². The van der Waals surface area contributed by atoms with Crippen LogP contribution in [0.4, 0.5) is 13.2 Å². The third-order valence-corrected chi connectivity index (χ3v) is 5.60. The molecule has 0 aliphatic rings. The molecule has 1 N–H and O–H groups in total. The second-order valence-corrected chi connectivity index (χ2v) is 8.14. The fourth-order valence-electron chi connectivity index (χ4n) is 3.85. The number of benzene rings is 3. The first-order valence-corrected chi connectivity index (χ1v) is 12.8. The summed E-state index contributed by atoms with van der Waals surface area (Å²) in [5.41, 5.74) is 1.43. The standard InChI is InChI=1S/C23H24F3N.C5H12.C2H6/c1-2-22(21-14-6-11-18-10-3-4-13-20(18)21)27-15-7-9-17-8-5-12-19(16-17)23(24,25)26;1-3-5-4-2;1-2/h3-6,8,10-14,16,22,27H,2,7,9,15H2,1H3;3-5H2,1-2H3;1-2H3/t22-;;/m1../s1. The van der Waals surface area contributed by atoms with Gasteiger partial charge in [0.1, 0.15) is 0 Å². The Kier molecular flexibility index (Phi) is 14.3. The lowest BCUT2D eigenvalue weighted by atomic mass is 9.97. The largest absolute Gasteiger partial charge is 0.416 e. The number of alkyl halides is 3. The molecule has 0 amide bonds. The molecule has 188 valence electrons. The van der Waals surface area contributed by atoms with Crippen LogP contribution in [-0.2, 0) is 12.6 Å². The number of halogens is 3. The molecule has 4 heteroatoms. The Balaban J connectivity index is 0.000000733. The van der Waals surface area contributed by atoms with Gasteiger partial charge in [0.2, 0.25) is 0 Å². The van der Waals surface area contributed by atoms with Gasteiger partial charge < -0.3 is 5.32 Å². The zero-order chi connectivity index (χ0) is 25.4. The summed E-state index contributed by atoms with van der Waals surface area (Å²) < 4.78 is 38.4. The molecule has 34 heavy (non-hydrogen) atoms. The number of nitrogens with one attached hydrogen (secondary N) is 1. The quantitative estimate of drug-likeness (QED) is 0.305. The highest BCUT2D eigenvalue weighted by atomic mass is 19.4. The van der Waals surface area contributed by atoms with Gasteiger partial charge in [-0.2, -0.15) is 13.2 Å². The molecule has 0 heterocycles. The van der Waals surface area contributed by atoms with Crippen LogP contribution in [0.2, 0.25) is 0 Å². The molecule has 0 aliphatic carbocycles. The highest BCUT2D eigenvalue weighted by Gasteiger charge is 2.30. The maximum absolute atomic E-state index is 12.8. The molecule has 3 aromatic carbocycles. The van der Waals surface area contributed by atoms with E-state index in [-0.39, 0.29) is 6.04 Å². The molecule has 0 unspecified atom stereocenters. The Labute approximate surface area is 204 Å². The Morgan fingerprint density at radius 3 is 2.06 bits per heavy atom. The molecule has 3 aromatic rings. The van der Waals surface area contributed by atoms with Crippen LogP contribution in [0.15, 0.2) is 66.7 Å². The predicted octanol–water partition coefficient (Wildman–Crippen LogP) is 9.75. The first-order valence-electron chi connectivity index (χ1n) is 12.8. The molecule has 0 radical (unpaired) electrons. The van der Waals surface area contributed by atoms with Crippen molar-refractivity contribution < 1.29 is 13.2 Å².